The Bertz CT molecular complexity index is 1020. The lowest BCUT2D eigenvalue weighted by molar-refractivity contribution is -0.117. The molecule has 0 unspecified atom stereocenters. The second kappa shape index (κ2) is 7.23. The van der Waals surface area contributed by atoms with E-state index in [-0.39, 0.29) is 12.3 Å². The topological polar surface area (TPSA) is 56.6 Å². The van der Waals surface area contributed by atoms with E-state index in [0.29, 0.717) is 24.8 Å². The van der Waals surface area contributed by atoms with E-state index in [4.69, 9.17) is 9.47 Å². The van der Waals surface area contributed by atoms with Crippen LogP contribution < -0.4 is 14.4 Å². The highest BCUT2D eigenvalue weighted by atomic mass is 79.9. The van der Waals surface area contributed by atoms with Crippen molar-refractivity contribution < 1.29 is 14.3 Å². The maximum absolute atomic E-state index is 12.9. The summed E-state index contributed by atoms with van der Waals surface area (Å²) in [6.45, 7) is 1.27. The van der Waals surface area contributed by atoms with Gasteiger partial charge < -0.3 is 9.47 Å². The minimum Gasteiger partial charge on any atom is -0.490 e. The van der Waals surface area contributed by atoms with Gasteiger partial charge in [-0.2, -0.15) is 5.10 Å². The standard InChI is InChI=1S/C20H20BrN3O3/c1-23(20-15-12-14(21)5-6-16(15)24(2)22-20)19(25)11-13-4-7-17-18(10-13)27-9-3-8-26-17/h4-7,10,12H,3,8-9,11H2,1-2H3. The van der Waals surface area contributed by atoms with Crippen LogP contribution in [0.4, 0.5) is 5.82 Å². The normalized spacial score (nSPS) is 13.4. The van der Waals surface area contributed by atoms with E-state index in [1.165, 1.54) is 0 Å². The molecule has 140 valence electrons. The number of carbonyl (C=O) groups excluding carboxylic acids is 1. The monoisotopic (exact) mass is 429 g/mol. The van der Waals surface area contributed by atoms with Crippen molar-refractivity contribution in [1.82, 2.24) is 9.78 Å². The van der Waals surface area contributed by atoms with Gasteiger partial charge in [-0.3, -0.25) is 14.4 Å². The van der Waals surface area contributed by atoms with E-state index in [9.17, 15) is 4.79 Å². The molecule has 3 aromatic rings. The molecule has 0 spiro atoms. The number of ether oxygens (including phenoxy) is 2. The predicted octanol–water partition coefficient (Wildman–Crippen LogP) is 3.70. The fraction of sp³-hybridized carbons (Fsp3) is 0.300. The van der Waals surface area contributed by atoms with Crippen molar-refractivity contribution in [3.8, 4) is 11.5 Å². The summed E-state index contributed by atoms with van der Waals surface area (Å²) >= 11 is 3.49. The summed E-state index contributed by atoms with van der Waals surface area (Å²) in [6, 6.07) is 11.6. The Morgan fingerprint density at radius 2 is 1.96 bits per heavy atom. The van der Waals surface area contributed by atoms with Crippen molar-refractivity contribution in [3.05, 3.63) is 46.4 Å². The van der Waals surface area contributed by atoms with Gasteiger partial charge in [0, 0.05) is 30.4 Å². The largest absolute Gasteiger partial charge is 0.490 e. The van der Waals surface area contributed by atoms with E-state index in [0.717, 1.165) is 33.1 Å². The number of benzene rings is 2. The third-order valence-electron chi connectivity index (χ3n) is 4.65. The molecule has 1 aliphatic heterocycles. The van der Waals surface area contributed by atoms with Gasteiger partial charge in [0.25, 0.3) is 0 Å². The van der Waals surface area contributed by atoms with Crippen molar-refractivity contribution in [1.29, 1.82) is 0 Å². The SMILES string of the molecule is CN(C(=O)Cc1ccc2c(c1)OCCCO2)c1nn(C)c2ccc(Br)cc12. The van der Waals surface area contributed by atoms with Crippen LogP contribution in [0, 0.1) is 0 Å². The Hall–Kier alpha value is -2.54. The quantitative estimate of drug-likeness (QED) is 0.636. The van der Waals surface area contributed by atoms with Crippen LogP contribution in [0.1, 0.15) is 12.0 Å². The summed E-state index contributed by atoms with van der Waals surface area (Å²) in [5, 5.41) is 5.46. The van der Waals surface area contributed by atoms with Crippen molar-refractivity contribution in [2.24, 2.45) is 7.05 Å². The molecule has 6 nitrogen and oxygen atoms in total. The van der Waals surface area contributed by atoms with Gasteiger partial charge in [0.15, 0.2) is 17.3 Å². The zero-order chi connectivity index (χ0) is 19.0. The number of likely N-dealkylation sites (N-methyl/N-ethyl adjacent to an activating group) is 1. The molecule has 0 bridgehead atoms. The number of fused-ring (bicyclic) bond motifs is 2. The molecular formula is C20H20BrN3O3. The number of hydrogen-bond acceptors (Lipinski definition) is 4. The molecule has 27 heavy (non-hydrogen) atoms. The first-order chi connectivity index (χ1) is 13.0. The van der Waals surface area contributed by atoms with Crippen LogP contribution in [-0.4, -0.2) is 35.9 Å². The smallest absolute Gasteiger partial charge is 0.232 e. The Labute approximate surface area is 165 Å². The molecule has 0 N–H and O–H groups in total. The summed E-state index contributed by atoms with van der Waals surface area (Å²) in [7, 11) is 3.63. The first-order valence-corrected chi connectivity index (χ1v) is 9.59. The van der Waals surface area contributed by atoms with Gasteiger partial charge in [0.1, 0.15) is 0 Å². The molecule has 2 aromatic carbocycles. The minimum atomic E-state index is -0.0375. The van der Waals surface area contributed by atoms with Gasteiger partial charge in [-0.05, 0) is 35.9 Å². The molecule has 0 saturated carbocycles. The van der Waals surface area contributed by atoms with Crippen LogP contribution in [0.3, 0.4) is 0 Å². The lowest BCUT2D eigenvalue weighted by Crippen LogP contribution is -2.28. The summed E-state index contributed by atoms with van der Waals surface area (Å²) in [6.07, 6.45) is 1.12. The minimum absolute atomic E-state index is 0.0375. The number of rotatable bonds is 3. The molecule has 0 saturated heterocycles. The van der Waals surface area contributed by atoms with Crippen LogP contribution in [0.5, 0.6) is 11.5 Å². The molecule has 0 atom stereocenters. The van der Waals surface area contributed by atoms with E-state index in [1.54, 1.807) is 16.6 Å². The van der Waals surface area contributed by atoms with Gasteiger partial charge in [0.2, 0.25) is 5.91 Å². The van der Waals surface area contributed by atoms with E-state index >= 15 is 0 Å². The summed E-state index contributed by atoms with van der Waals surface area (Å²) < 4.78 is 14.1. The maximum Gasteiger partial charge on any atom is 0.232 e. The van der Waals surface area contributed by atoms with Gasteiger partial charge in [0.05, 0.1) is 25.2 Å². The first kappa shape index (κ1) is 17.9. The molecule has 7 heteroatoms. The lowest BCUT2D eigenvalue weighted by Gasteiger charge is -2.16. The van der Waals surface area contributed by atoms with Crippen LogP contribution in [0.15, 0.2) is 40.9 Å². The van der Waals surface area contributed by atoms with Gasteiger partial charge in [-0.1, -0.05) is 22.0 Å². The van der Waals surface area contributed by atoms with Crippen LogP contribution >= 0.6 is 15.9 Å². The summed E-state index contributed by atoms with van der Waals surface area (Å²) in [5.41, 5.74) is 1.86. The molecule has 0 aliphatic carbocycles. The molecule has 1 aliphatic rings. The molecular weight excluding hydrogens is 410 g/mol. The van der Waals surface area contributed by atoms with E-state index < -0.39 is 0 Å². The number of carbonyl (C=O) groups is 1. The Balaban J connectivity index is 1.58. The average Bonchev–Trinajstić information content (AvgIpc) is 2.82. The fourth-order valence-corrected chi connectivity index (χ4v) is 3.56. The van der Waals surface area contributed by atoms with Crippen LogP contribution in [0.25, 0.3) is 10.9 Å². The second-order valence-electron chi connectivity index (χ2n) is 6.57. The molecule has 0 radical (unpaired) electrons. The van der Waals surface area contributed by atoms with Gasteiger partial charge in [-0.15, -0.1) is 0 Å². The third-order valence-corrected chi connectivity index (χ3v) is 5.15. The zero-order valence-electron chi connectivity index (χ0n) is 15.2. The predicted molar refractivity (Wildman–Crippen MR) is 108 cm³/mol. The molecule has 1 amide bonds. The van der Waals surface area contributed by atoms with Crippen molar-refractivity contribution in [3.63, 3.8) is 0 Å². The van der Waals surface area contributed by atoms with Crippen molar-refractivity contribution in [2.45, 2.75) is 12.8 Å². The number of halogens is 1. The van der Waals surface area contributed by atoms with Gasteiger partial charge in [-0.25, -0.2) is 0 Å². The van der Waals surface area contributed by atoms with Crippen molar-refractivity contribution >= 4 is 38.6 Å². The number of aryl methyl sites for hydroxylation is 1. The highest BCUT2D eigenvalue weighted by Crippen LogP contribution is 2.31. The molecule has 2 heterocycles. The van der Waals surface area contributed by atoms with E-state index in [1.807, 2.05) is 43.4 Å². The number of aromatic nitrogens is 2. The van der Waals surface area contributed by atoms with Gasteiger partial charge >= 0.3 is 0 Å². The number of hydrogen-bond donors (Lipinski definition) is 0. The third kappa shape index (κ3) is 3.51. The highest BCUT2D eigenvalue weighted by Gasteiger charge is 2.20. The highest BCUT2D eigenvalue weighted by molar-refractivity contribution is 9.10. The lowest BCUT2D eigenvalue weighted by atomic mass is 10.1. The molecule has 4 rings (SSSR count). The second-order valence-corrected chi connectivity index (χ2v) is 7.49. The first-order valence-electron chi connectivity index (χ1n) is 8.80. The summed E-state index contributed by atoms with van der Waals surface area (Å²) in [4.78, 5) is 14.5. The van der Waals surface area contributed by atoms with E-state index in [2.05, 4.69) is 21.0 Å². The van der Waals surface area contributed by atoms with Crippen LogP contribution in [-0.2, 0) is 18.3 Å². The molecule has 1 aromatic heterocycles. The summed E-state index contributed by atoms with van der Waals surface area (Å²) in [5.74, 6) is 2.04. The Kier molecular flexibility index (Phi) is 4.78. The Morgan fingerprint density at radius 3 is 2.78 bits per heavy atom. The number of anilines is 1. The average molecular weight is 430 g/mol. The van der Waals surface area contributed by atoms with Crippen molar-refractivity contribution in [2.75, 3.05) is 25.2 Å². The fourth-order valence-electron chi connectivity index (χ4n) is 3.20. The molecule has 0 fully saturated rings. The zero-order valence-corrected chi connectivity index (χ0v) is 16.8. The Morgan fingerprint density at radius 1 is 1.19 bits per heavy atom. The number of amides is 1. The number of nitrogens with zero attached hydrogens (tertiary/aromatic N) is 3. The van der Waals surface area contributed by atoms with Crippen LogP contribution in [0.2, 0.25) is 0 Å². The maximum atomic E-state index is 12.9.